The van der Waals surface area contributed by atoms with Crippen molar-refractivity contribution in [2.24, 2.45) is 0 Å². The van der Waals surface area contributed by atoms with E-state index >= 15 is 0 Å². The maximum atomic E-state index is 2.35. The van der Waals surface area contributed by atoms with Crippen LogP contribution in [0.25, 0.3) is 27.5 Å². The van der Waals surface area contributed by atoms with E-state index in [0.717, 1.165) is 0 Å². The molecule has 0 spiro atoms. The van der Waals surface area contributed by atoms with E-state index in [0.29, 0.717) is 0 Å². The number of aryl methyl sites for hydroxylation is 1. The standard InChI is InChI=1S/C25H19NS/c1-18-10-14-20(15-11-18)27-21-16-12-19(13-17-21)26-24-8-4-2-6-22(24)23-7-3-5-9-25(23)26/h2-17H,1H3. The lowest BCUT2D eigenvalue weighted by molar-refractivity contribution is 1.17. The van der Waals surface area contributed by atoms with Crippen molar-refractivity contribution in [2.75, 3.05) is 0 Å². The molecule has 0 radical (unpaired) electrons. The van der Waals surface area contributed by atoms with Crippen molar-refractivity contribution in [1.82, 2.24) is 4.57 Å². The molecule has 27 heavy (non-hydrogen) atoms. The van der Waals surface area contributed by atoms with E-state index in [1.807, 2.05) is 0 Å². The Kier molecular flexibility index (Phi) is 3.99. The van der Waals surface area contributed by atoms with Gasteiger partial charge in [-0.05, 0) is 55.5 Å². The van der Waals surface area contributed by atoms with Crippen LogP contribution in [0.4, 0.5) is 0 Å². The first-order chi connectivity index (χ1) is 13.3. The number of benzene rings is 4. The number of hydrogen-bond donors (Lipinski definition) is 0. The van der Waals surface area contributed by atoms with Crippen LogP contribution in [-0.4, -0.2) is 4.57 Å². The topological polar surface area (TPSA) is 4.93 Å². The third kappa shape index (κ3) is 2.92. The summed E-state index contributed by atoms with van der Waals surface area (Å²) in [5.74, 6) is 0. The van der Waals surface area contributed by atoms with Crippen molar-refractivity contribution in [3.63, 3.8) is 0 Å². The number of fused-ring (bicyclic) bond motifs is 3. The molecule has 5 aromatic rings. The van der Waals surface area contributed by atoms with Crippen LogP contribution >= 0.6 is 11.8 Å². The first-order valence-corrected chi connectivity index (χ1v) is 9.94. The normalized spacial score (nSPS) is 11.3. The molecule has 1 nitrogen and oxygen atoms in total. The Morgan fingerprint density at radius 1 is 0.556 bits per heavy atom. The number of rotatable bonds is 3. The van der Waals surface area contributed by atoms with Crippen LogP contribution in [0.5, 0.6) is 0 Å². The Morgan fingerprint density at radius 3 is 1.59 bits per heavy atom. The lowest BCUT2D eigenvalue weighted by Crippen LogP contribution is -1.93. The monoisotopic (exact) mass is 365 g/mol. The molecule has 0 atom stereocenters. The van der Waals surface area contributed by atoms with Gasteiger partial charge in [0.2, 0.25) is 0 Å². The second kappa shape index (κ2) is 6.64. The number of nitrogens with zero attached hydrogens (tertiary/aromatic N) is 1. The fraction of sp³-hybridized carbons (Fsp3) is 0.0400. The summed E-state index contributed by atoms with van der Waals surface area (Å²) < 4.78 is 2.35. The van der Waals surface area contributed by atoms with Crippen LogP contribution in [0.1, 0.15) is 5.56 Å². The molecule has 0 N–H and O–H groups in total. The van der Waals surface area contributed by atoms with Crippen molar-refractivity contribution < 1.29 is 0 Å². The van der Waals surface area contributed by atoms with E-state index in [2.05, 4.69) is 109 Å². The SMILES string of the molecule is Cc1ccc(Sc2ccc(-n3c4ccccc4c4ccccc43)cc2)cc1. The Hall–Kier alpha value is -2.97. The maximum Gasteiger partial charge on any atom is 0.0541 e. The highest BCUT2D eigenvalue weighted by Crippen LogP contribution is 2.33. The van der Waals surface area contributed by atoms with Crippen LogP contribution in [0.3, 0.4) is 0 Å². The average Bonchev–Trinajstić information content (AvgIpc) is 3.05. The van der Waals surface area contributed by atoms with Gasteiger partial charge in [0.25, 0.3) is 0 Å². The van der Waals surface area contributed by atoms with Gasteiger partial charge in [0.05, 0.1) is 11.0 Å². The van der Waals surface area contributed by atoms with E-state index in [-0.39, 0.29) is 0 Å². The quantitative estimate of drug-likeness (QED) is 0.326. The Balaban J connectivity index is 1.57. The molecule has 0 saturated heterocycles. The zero-order valence-corrected chi connectivity index (χ0v) is 15.9. The molecule has 0 bridgehead atoms. The van der Waals surface area contributed by atoms with Crippen LogP contribution in [-0.2, 0) is 0 Å². The molecule has 0 saturated carbocycles. The van der Waals surface area contributed by atoms with Crippen LogP contribution < -0.4 is 0 Å². The van der Waals surface area contributed by atoms with Crippen molar-refractivity contribution in [3.05, 3.63) is 103 Å². The van der Waals surface area contributed by atoms with E-state index in [1.54, 1.807) is 11.8 Å². The summed E-state index contributed by atoms with van der Waals surface area (Å²) in [5, 5.41) is 2.59. The molecular formula is C25H19NS. The van der Waals surface area contributed by atoms with Crippen LogP contribution in [0, 0.1) is 6.92 Å². The molecule has 130 valence electrons. The minimum absolute atomic E-state index is 1.20. The second-order valence-electron chi connectivity index (χ2n) is 6.78. The molecule has 5 rings (SSSR count). The zero-order valence-electron chi connectivity index (χ0n) is 15.1. The minimum atomic E-state index is 1.20. The summed E-state index contributed by atoms with van der Waals surface area (Å²) in [7, 11) is 0. The molecule has 1 aromatic heterocycles. The summed E-state index contributed by atoms with van der Waals surface area (Å²) in [4.78, 5) is 2.52. The smallest absolute Gasteiger partial charge is 0.0541 e. The van der Waals surface area contributed by atoms with Crippen LogP contribution in [0.2, 0.25) is 0 Å². The van der Waals surface area contributed by atoms with Crippen molar-refractivity contribution in [3.8, 4) is 5.69 Å². The molecule has 0 amide bonds. The fourth-order valence-corrected chi connectivity index (χ4v) is 4.42. The van der Waals surface area contributed by atoms with Gasteiger partial charge < -0.3 is 4.57 Å². The summed E-state index contributed by atoms with van der Waals surface area (Å²) in [6.45, 7) is 2.12. The Labute approximate surface area is 163 Å². The summed E-state index contributed by atoms with van der Waals surface area (Å²) in [5.41, 5.74) is 4.98. The molecule has 0 unspecified atom stereocenters. The highest BCUT2D eigenvalue weighted by molar-refractivity contribution is 7.99. The van der Waals surface area contributed by atoms with Gasteiger partial charge in [-0.25, -0.2) is 0 Å². The summed E-state index contributed by atoms with van der Waals surface area (Å²) in [6, 6.07) is 34.8. The lowest BCUT2D eigenvalue weighted by atomic mass is 10.2. The summed E-state index contributed by atoms with van der Waals surface area (Å²) in [6.07, 6.45) is 0. The van der Waals surface area contributed by atoms with E-state index in [4.69, 9.17) is 0 Å². The lowest BCUT2D eigenvalue weighted by Gasteiger charge is -2.09. The minimum Gasteiger partial charge on any atom is -0.309 e. The third-order valence-corrected chi connectivity index (χ3v) is 5.95. The van der Waals surface area contributed by atoms with Crippen molar-refractivity contribution >= 4 is 33.6 Å². The van der Waals surface area contributed by atoms with Gasteiger partial charge in [0.15, 0.2) is 0 Å². The molecule has 0 fully saturated rings. The number of para-hydroxylation sites is 2. The summed E-state index contributed by atoms with van der Waals surface area (Å²) >= 11 is 1.80. The predicted molar refractivity (Wildman–Crippen MR) is 116 cm³/mol. The maximum absolute atomic E-state index is 2.35. The van der Waals surface area contributed by atoms with E-state index < -0.39 is 0 Å². The van der Waals surface area contributed by atoms with Gasteiger partial charge in [-0.1, -0.05) is 65.9 Å². The van der Waals surface area contributed by atoms with E-state index in [9.17, 15) is 0 Å². The molecule has 0 aliphatic heterocycles. The first-order valence-electron chi connectivity index (χ1n) is 9.13. The average molecular weight is 366 g/mol. The second-order valence-corrected chi connectivity index (χ2v) is 7.93. The molecule has 0 aliphatic rings. The molecule has 0 aliphatic carbocycles. The van der Waals surface area contributed by atoms with Gasteiger partial charge in [-0.3, -0.25) is 0 Å². The number of aromatic nitrogens is 1. The first kappa shape index (κ1) is 16.2. The van der Waals surface area contributed by atoms with Gasteiger partial charge in [0.1, 0.15) is 0 Å². The largest absolute Gasteiger partial charge is 0.309 e. The number of hydrogen-bond acceptors (Lipinski definition) is 1. The highest BCUT2D eigenvalue weighted by Gasteiger charge is 2.11. The molecule has 1 heterocycles. The molecule has 4 aromatic carbocycles. The molecule has 2 heteroatoms. The van der Waals surface area contributed by atoms with Gasteiger partial charge in [-0.2, -0.15) is 0 Å². The van der Waals surface area contributed by atoms with Crippen LogP contribution in [0.15, 0.2) is 107 Å². The van der Waals surface area contributed by atoms with Crippen molar-refractivity contribution in [2.45, 2.75) is 16.7 Å². The Morgan fingerprint density at radius 2 is 1.04 bits per heavy atom. The Bertz CT molecular complexity index is 1180. The third-order valence-electron chi connectivity index (χ3n) is 4.93. The van der Waals surface area contributed by atoms with Gasteiger partial charge >= 0.3 is 0 Å². The predicted octanol–water partition coefficient (Wildman–Crippen LogP) is 7.24. The van der Waals surface area contributed by atoms with Crippen molar-refractivity contribution in [1.29, 1.82) is 0 Å². The fourth-order valence-electron chi connectivity index (χ4n) is 3.61. The highest BCUT2D eigenvalue weighted by atomic mass is 32.2. The molecular weight excluding hydrogens is 346 g/mol. The van der Waals surface area contributed by atoms with Gasteiger partial charge in [0, 0.05) is 26.3 Å². The zero-order chi connectivity index (χ0) is 18.2. The van der Waals surface area contributed by atoms with E-state index in [1.165, 1.54) is 42.8 Å². The van der Waals surface area contributed by atoms with Gasteiger partial charge in [-0.15, -0.1) is 0 Å².